The normalized spacial score (nSPS) is 11.6. The van der Waals surface area contributed by atoms with E-state index in [9.17, 15) is 4.79 Å². The molecule has 0 atom stereocenters. The van der Waals surface area contributed by atoms with E-state index in [1.807, 2.05) is 0 Å². The third-order valence-corrected chi connectivity index (χ3v) is 9.70. The Morgan fingerprint density at radius 1 is 0.667 bits per heavy atom. The highest BCUT2D eigenvalue weighted by Crippen LogP contribution is 2.22. The highest BCUT2D eigenvalue weighted by molar-refractivity contribution is 6.77. The van der Waals surface area contributed by atoms with Crippen molar-refractivity contribution in [3.8, 4) is 0 Å². The smallest absolute Gasteiger partial charge is 0.333 e. The van der Waals surface area contributed by atoms with Crippen LogP contribution in [0, 0.1) is 0 Å². The minimum Gasteiger partial charge on any atom is -0.462 e. The number of esters is 1. The monoisotopic (exact) mass is 438 g/mol. The number of carbonyl (C=O) groups is 1. The summed E-state index contributed by atoms with van der Waals surface area (Å²) in [6, 6.07) is 2.68. The van der Waals surface area contributed by atoms with E-state index < -0.39 is 8.07 Å². The van der Waals surface area contributed by atoms with Crippen LogP contribution >= 0.6 is 0 Å². The lowest BCUT2D eigenvalue weighted by Crippen LogP contribution is -2.25. The molecular weight excluding hydrogens is 384 g/mol. The second-order valence-electron chi connectivity index (χ2n) is 10.2. The van der Waals surface area contributed by atoms with Gasteiger partial charge in [0.05, 0.1) is 6.61 Å². The number of ether oxygens (including phenoxy) is 1. The molecule has 0 bridgehead atoms. The van der Waals surface area contributed by atoms with Gasteiger partial charge in [-0.25, -0.2) is 4.79 Å². The number of hydrogen-bond donors (Lipinski definition) is 0. The lowest BCUT2D eigenvalue weighted by molar-refractivity contribution is -0.138. The fraction of sp³-hybridized carbons (Fsp3) is 0.889. The zero-order valence-electron chi connectivity index (χ0n) is 21.2. The van der Waals surface area contributed by atoms with Crippen molar-refractivity contribution in [2.45, 2.75) is 148 Å². The molecule has 0 aliphatic rings. The Morgan fingerprint density at radius 2 is 1.03 bits per heavy atom. The highest BCUT2D eigenvalue weighted by atomic mass is 28.3. The summed E-state index contributed by atoms with van der Waals surface area (Å²) in [7, 11) is -1.12. The van der Waals surface area contributed by atoms with Gasteiger partial charge < -0.3 is 4.74 Å². The largest absolute Gasteiger partial charge is 0.462 e. The van der Waals surface area contributed by atoms with Gasteiger partial charge in [-0.15, -0.1) is 0 Å². The van der Waals surface area contributed by atoms with Crippen molar-refractivity contribution in [1.29, 1.82) is 0 Å². The van der Waals surface area contributed by atoms with Gasteiger partial charge in [-0.2, -0.15) is 0 Å². The number of unbranched alkanes of at least 4 members (excludes halogenated alkanes) is 15. The first kappa shape index (κ1) is 29.4. The maximum Gasteiger partial charge on any atom is 0.333 e. The standard InChI is InChI=1S/C27H54O2Si/c1-6-7-8-9-10-11-12-13-14-15-16-17-18-19-20-21-24-30(4,5)25-22-23-29-27(28)26(2)3/h2,6-25H2,1,3-5H3. The van der Waals surface area contributed by atoms with Crippen molar-refractivity contribution in [2.75, 3.05) is 6.61 Å². The molecule has 0 fully saturated rings. The molecule has 0 spiro atoms. The molecule has 0 aromatic carbocycles. The lowest BCUT2D eigenvalue weighted by atomic mass is 10.0. The van der Waals surface area contributed by atoms with Crippen molar-refractivity contribution in [1.82, 2.24) is 0 Å². The van der Waals surface area contributed by atoms with Crippen LogP contribution in [0.1, 0.15) is 123 Å². The summed E-state index contributed by atoms with van der Waals surface area (Å²) >= 11 is 0. The molecule has 0 aliphatic heterocycles. The quantitative estimate of drug-likeness (QED) is 0.0727. The average Bonchev–Trinajstić information content (AvgIpc) is 2.70. The fourth-order valence-electron chi connectivity index (χ4n) is 4.12. The number of hydrogen-bond acceptors (Lipinski definition) is 2. The van der Waals surface area contributed by atoms with Crippen molar-refractivity contribution >= 4 is 14.0 Å². The summed E-state index contributed by atoms with van der Waals surface area (Å²) in [6.45, 7) is 13.1. The first-order valence-electron chi connectivity index (χ1n) is 13.2. The predicted octanol–water partition coefficient (Wildman–Crippen LogP) is 9.47. The van der Waals surface area contributed by atoms with E-state index in [-0.39, 0.29) is 5.97 Å². The Labute approximate surface area is 190 Å². The molecule has 30 heavy (non-hydrogen) atoms. The van der Waals surface area contributed by atoms with Crippen LogP contribution in [0.3, 0.4) is 0 Å². The van der Waals surface area contributed by atoms with Crippen LogP contribution in [0.5, 0.6) is 0 Å². The summed E-state index contributed by atoms with van der Waals surface area (Å²) in [4.78, 5) is 11.4. The van der Waals surface area contributed by atoms with E-state index in [0.717, 1.165) is 6.42 Å². The maximum absolute atomic E-state index is 11.4. The van der Waals surface area contributed by atoms with Crippen molar-refractivity contribution in [3.63, 3.8) is 0 Å². The zero-order valence-corrected chi connectivity index (χ0v) is 22.2. The topological polar surface area (TPSA) is 26.3 Å². The van der Waals surface area contributed by atoms with Gasteiger partial charge in [0.25, 0.3) is 0 Å². The third kappa shape index (κ3) is 20.7. The van der Waals surface area contributed by atoms with Crippen LogP contribution in [-0.2, 0) is 9.53 Å². The Kier molecular flexibility index (Phi) is 19.9. The highest BCUT2D eigenvalue weighted by Gasteiger charge is 2.19. The molecule has 0 amide bonds. The second kappa shape index (κ2) is 20.3. The Bertz CT molecular complexity index is 417. The van der Waals surface area contributed by atoms with Gasteiger partial charge in [-0.05, 0) is 13.3 Å². The van der Waals surface area contributed by atoms with E-state index in [4.69, 9.17) is 4.74 Å². The van der Waals surface area contributed by atoms with E-state index in [1.165, 1.54) is 115 Å². The SMILES string of the molecule is C=C(C)C(=O)OCCC[Si](C)(C)CCCCCCCCCCCCCCCCCC. The van der Waals surface area contributed by atoms with Crippen LogP contribution in [0.25, 0.3) is 0 Å². The molecule has 0 aromatic rings. The molecule has 0 saturated carbocycles. The van der Waals surface area contributed by atoms with Crippen molar-refractivity contribution in [3.05, 3.63) is 12.2 Å². The molecule has 0 saturated heterocycles. The molecule has 0 N–H and O–H groups in total. The van der Waals surface area contributed by atoms with Gasteiger partial charge in [-0.3, -0.25) is 0 Å². The predicted molar refractivity (Wildman–Crippen MR) is 137 cm³/mol. The van der Waals surface area contributed by atoms with Gasteiger partial charge >= 0.3 is 5.97 Å². The van der Waals surface area contributed by atoms with Crippen LogP contribution in [0.4, 0.5) is 0 Å². The van der Waals surface area contributed by atoms with Gasteiger partial charge in [0, 0.05) is 13.6 Å². The zero-order chi connectivity index (χ0) is 22.5. The molecule has 2 nitrogen and oxygen atoms in total. The molecule has 0 unspecified atom stereocenters. The number of carbonyl (C=O) groups excluding carboxylic acids is 1. The van der Waals surface area contributed by atoms with E-state index in [2.05, 4.69) is 26.6 Å². The second-order valence-corrected chi connectivity index (χ2v) is 15.6. The molecule has 0 aromatic heterocycles. The minimum absolute atomic E-state index is 0.243. The van der Waals surface area contributed by atoms with E-state index in [1.54, 1.807) is 6.92 Å². The molecule has 0 radical (unpaired) electrons. The molecule has 178 valence electrons. The molecule has 3 heteroatoms. The van der Waals surface area contributed by atoms with Gasteiger partial charge in [0.1, 0.15) is 0 Å². The summed E-state index contributed by atoms with van der Waals surface area (Å²) < 4.78 is 5.22. The summed E-state index contributed by atoms with van der Waals surface area (Å²) in [5.74, 6) is -0.243. The van der Waals surface area contributed by atoms with Crippen molar-refractivity contribution < 1.29 is 9.53 Å². The molecule has 0 rings (SSSR count). The number of rotatable bonds is 22. The Balaban J connectivity index is 3.34. The Hall–Kier alpha value is -0.573. The molecule has 0 heterocycles. The van der Waals surface area contributed by atoms with Crippen LogP contribution in [-0.4, -0.2) is 20.7 Å². The molecular formula is C27H54O2Si. The minimum atomic E-state index is -1.12. The lowest BCUT2D eigenvalue weighted by Gasteiger charge is -2.22. The maximum atomic E-state index is 11.4. The Morgan fingerprint density at radius 3 is 1.43 bits per heavy atom. The van der Waals surface area contributed by atoms with E-state index >= 15 is 0 Å². The van der Waals surface area contributed by atoms with Gasteiger partial charge in [-0.1, -0.05) is 141 Å². The fourth-order valence-corrected chi connectivity index (χ4v) is 6.67. The van der Waals surface area contributed by atoms with Crippen LogP contribution in [0.2, 0.25) is 25.2 Å². The van der Waals surface area contributed by atoms with Crippen LogP contribution in [0.15, 0.2) is 12.2 Å². The first-order valence-corrected chi connectivity index (χ1v) is 16.6. The van der Waals surface area contributed by atoms with Crippen molar-refractivity contribution in [2.24, 2.45) is 0 Å². The average molecular weight is 439 g/mol. The summed E-state index contributed by atoms with van der Waals surface area (Å²) in [5, 5.41) is 0. The molecule has 0 aliphatic carbocycles. The summed E-state index contributed by atoms with van der Waals surface area (Å²) in [5.41, 5.74) is 0.500. The third-order valence-electron chi connectivity index (χ3n) is 6.29. The van der Waals surface area contributed by atoms with Gasteiger partial charge in [0.15, 0.2) is 0 Å². The van der Waals surface area contributed by atoms with Gasteiger partial charge in [0.2, 0.25) is 0 Å². The summed E-state index contributed by atoms with van der Waals surface area (Å²) in [6.07, 6.45) is 24.0. The van der Waals surface area contributed by atoms with Crippen LogP contribution < -0.4 is 0 Å². The first-order chi connectivity index (χ1) is 14.4. The van der Waals surface area contributed by atoms with E-state index in [0.29, 0.717) is 12.2 Å².